The maximum atomic E-state index is 12.1. The zero-order valence-electron chi connectivity index (χ0n) is 12.3. The van der Waals surface area contributed by atoms with Gasteiger partial charge < -0.3 is 16.0 Å². The van der Waals surface area contributed by atoms with E-state index in [9.17, 15) is 8.42 Å². The summed E-state index contributed by atoms with van der Waals surface area (Å²) in [6, 6.07) is 0.189. The van der Waals surface area contributed by atoms with E-state index < -0.39 is 9.84 Å². The van der Waals surface area contributed by atoms with Crippen LogP contribution in [0.5, 0.6) is 0 Å². The number of rotatable bonds is 4. The molecule has 1 fully saturated rings. The summed E-state index contributed by atoms with van der Waals surface area (Å²) < 4.78 is 25.7. The highest BCUT2D eigenvalue weighted by Crippen LogP contribution is 2.31. The lowest BCUT2D eigenvalue weighted by molar-refractivity contribution is 0.490. The third-order valence-electron chi connectivity index (χ3n) is 3.51. The van der Waals surface area contributed by atoms with Crippen molar-refractivity contribution in [2.75, 3.05) is 36.5 Å². The molecule has 0 bridgehead atoms. The quantitative estimate of drug-likeness (QED) is 0.818. The van der Waals surface area contributed by atoms with Crippen LogP contribution in [0.2, 0.25) is 0 Å². The third-order valence-corrected chi connectivity index (χ3v) is 4.64. The van der Waals surface area contributed by atoms with Gasteiger partial charge in [0.1, 0.15) is 5.82 Å². The number of sulfone groups is 1. The molecule has 1 aliphatic heterocycles. The highest BCUT2D eigenvalue weighted by Gasteiger charge is 2.30. The predicted octanol–water partition coefficient (Wildman–Crippen LogP) is 0.0769. The van der Waals surface area contributed by atoms with Crippen molar-refractivity contribution in [1.82, 2.24) is 15.1 Å². The molecule has 7 nitrogen and oxygen atoms in total. The maximum Gasteiger partial charge on any atom is 0.182 e. The van der Waals surface area contributed by atoms with E-state index in [1.165, 1.54) is 6.26 Å². The van der Waals surface area contributed by atoms with E-state index in [-0.39, 0.29) is 16.8 Å². The summed E-state index contributed by atoms with van der Waals surface area (Å²) in [5.41, 5.74) is 6.01. The number of hydrogen-bond donors (Lipinski definition) is 2. The van der Waals surface area contributed by atoms with Gasteiger partial charge in [0.05, 0.1) is 0 Å². The molecule has 0 spiro atoms. The summed E-state index contributed by atoms with van der Waals surface area (Å²) in [6.45, 7) is 7.03. The zero-order chi connectivity index (χ0) is 14.9. The first-order valence-electron chi connectivity index (χ1n) is 6.90. The summed E-state index contributed by atoms with van der Waals surface area (Å²) >= 11 is 0. The van der Waals surface area contributed by atoms with Crippen LogP contribution in [0.25, 0.3) is 0 Å². The van der Waals surface area contributed by atoms with Gasteiger partial charge in [-0.1, -0.05) is 6.92 Å². The van der Waals surface area contributed by atoms with Crippen molar-refractivity contribution >= 4 is 21.5 Å². The second-order valence-corrected chi connectivity index (χ2v) is 7.23. The number of aromatic nitrogens is 2. The average molecular weight is 301 g/mol. The molecular formula is C12H23N5O2S. The molecule has 0 amide bonds. The van der Waals surface area contributed by atoms with Crippen molar-refractivity contribution in [2.45, 2.75) is 37.8 Å². The Hall–Kier alpha value is -1.28. The van der Waals surface area contributed by atoms with Crippen molar-refractivity contribution in [1.29, 1.82) is 0 Å². The number of anilines is 2. The Labute approximate surface area is 120 Å². The highest BCUT2D eigenvalue weighted by atomic mass is 32.2. The van der Waals surface area contributed by atoms with E-state index in [0.717, 1.165) is 26.1 Å². The van der Waals surface area contributed by atoms with Gasteiger partial charge in [0, 0.05) is 38.5 Å². The Morgan fingerprint density at radius 1 is 1.50 bits per heavy atom. The Morgan fingerprint density at radius 2 is 2.20 bits per heavy atom. The van der Waals surface area contributed by atoms with Crippen LogP contribution in [0.4, 0.5) is 11.6 Å². The lowest BCUT2D eigenvalue weighted by Crippen LogP contribution is -2.50. The Bertz CT molecular complexity index is 581. The van der Waals surface area contributed by atoms with Gasteiger partial charge in [0.25, 0.3) is 0 Å². The highest BCUT2D eigenvalue weighted by molar-refractivity contribution is 7.91. The van der Waals surface area contributed by atoms with E-state index in [0.29, 0.717) is 12.4 Å². The van der Waals surface area contributed by atoms with Crippen LogP contribution < -0.4 is 16.0 Å². The van der Waals surface area contributed by atoms with E-state index in [2.05, 4.69) is 10.4 Å². The number of nitrogen functional groups attached to an aromatic ring is 1. The summed E-state index contributed by atoms with van der Waals surface area (Å²) in [5, 5.41) is 7.73. The van der Waals surface area contributed by atoms with Gasteiger partial charge in [-0.2, -0.15) is 5.10 Å². The molecule has 1 aromatic heterocycles. The van der Waals surface area contributed by atoms with Crippen molar-refractivity contribution in [3.8, 4) is 0 Å². The summed E-state index contributed by atoms with van der Waals surface area (Å²) in [4.78, 5) is 2.19. The molecule has 0 radical (unpaired) electrons. The van der Waals surface area contributed by atoms with Gasteiger partial charge in [-0.05, 0) is 13.3 Å². The van der Waals surface area contributed by atoms with Crippen LogP contribution in [0.1, 0.15) is 20.3 Å². The van der Waals surface area contributed by atoms with E-state index >= 15 is 0 Å². The Balaban J connectivity index is 2.53. The Kier molecular flexibility index (Phi) is 4.24. The first kappa shape index (κ1) is 15.1. The molecular weight excluding hydrogens is 278 g/mol. The zero-order valence-corrected chi connectivity index (χ0v) is 13.1. The second kappa shape index (κ2) is 5.61. The average Bonchev–Trinajstić information content (AvgIpc) is 2.67. The molecule has 0 aromatic carbocycles. The van der Waals surface area contributed by atoms with Gasteiger partial charge in [-0.3, -0.25) is 0 Å². The smallest absolute Gasteiger partial charge is 0.182 e. The minimum Gasteiger partial charge on any atom is -0.383 e. The number of nitrogens with one attached hydrogen (secondary N) is 1. The molecule has 8 heteroatoms. The maximum absolute atomic E-state index is 12.1. The number of piperazine rings is 1. The largest absolute Gasteiger partial charge is 0.383 e. The fourth-order valence-electron chi connectivity index (χ4n) is 2.53. The molecule has 1 atom stereocenters. The molecule has 20 heavy (non-hydrogen) atoms. The number of aryl methyl sites for hydroxylation is 1. The minimum atomic E-state index is -3.40. The Morgan fingerprint density at radius 3 is 2.75 bits per heavy atom. The van der Waals surface area contributed by atoms with E-state index in [1.54, 1.807) is 4.68 Å². The van der Waals surface area contributed by atoms with E-state index in [4.69, 9.17) is 5.73 Å². The monoisotopic (exact) mass is 301 g/mol. The van der Waals surface area contributed by atoms with Crippen LogP contribution in [-0.2, 0) is 16.4 Å². The van der Waals surface area contributed by atoms with Crippen LogP contribution >= 0.6 is 0 Å². The molecule has 1 aliphatic rings. The third kappa shape index (κ3) is 2.76. The van der Waals surface area contributed by atoms with Crippen LogP contribution in [0, 0.1) is 0 Å². The second-order valence-electron chi connectivity index (χ2n) is 5.28. The van der Waals surface area contributed by atoms with Gasteiger partial charge in [-0.15, -0.1) is 0 Å². The van der Waals surface area contributed by atoms with Crippen LogP contribution in [-0.4, -0.2) is 50.1 Å². The minimum absolute atomic E-state index is 0.166. The lowest BCUT2D eigenvalue weighted by atomic mass is 10.2. The van der Waals surface area contributed by atoms with Gasteiger partial charge in [0.2, 0.25) is 0 Å². The number of hydrogen-bond acceptors (Lipinski definition) is 6. The summed E-state index contributed by atoms with van der Waals surface area (Å²) in [7, 11) is -3.40. The van der Waals surface area contributed by atoms with Crippen LogP contribution in [0.15, 0.2) is 4.90 Å². The fraction of sp³-hybridized carbons (Fsp3) is 0.750. The molecule has 0 aliphatic carbocycles. The van der Waals surface area contributed by atoms with E-state index in [1.807, 2.05) is 18.7 Å². The first-order chi connectivity index (χ1) is 9.36. The predicted molar refractivity (Wildman–Crippen MR) is 79.7 cm³/mol. The van der Waals surface area contributed by atoms with Crippen LogP contribution in [0.3, 0.4) is 0 Å². The molecule has 114 valence electrons. The van der Waals surface area contributed by atoms with Gasteiger partial charge in [0.15, 0.2) is 20.6 Å². The number of nitrogens with zero attached hydrogens (tertiary/aromatic N) is 3. The molecule has 1 saturated heterocycles. The van der Waals surface area contributed by atoms with Crippen molar-refractivity contribution in [3.05, 3.63) is 0 Å². The number of nitrogens with two attached hydrogens (primary N) is 1. The first-order valence-corrected chi connectivity index (χ1v) is 8.79. The molecule has 1 aromatic rings. The van der Waals surface area contributed by atoms with Crippen molar-refractivity contribution < 1.29 is 8.42 Å². The van der Waals surface area contributed by atoms with Crippen molar-refractivity contribution in [2.24, 2.45) is 0 Å². The molecule has 0 saturated carbocycles. The molecule has 2 rings (SSSR count). The summed E-state index contributed by atoms with van der Waals surface area (Å²) in [6.07, 6.45) is 2.04. The fourth-order valence-corrected chi connectivity index (χ4v) is 3.50. The topological polar surface area (TPSA) is 93.2 Å². The summed E-state index contributed by atoms with van der Waals surface area (Å²) in [5.74, 6) is 0.738. The van der Waals surface area contributed by atoms with Crippen molar-refractivity contribution in [3.63, 3.8) is 0 Å². The molecule has 3 N–H and O–H groups in total. The lowest BCUT2D eigenvalue weighted by Gasteiger charge is -2.34. The molecule has 1 unspecified atom stereocenters. The van der Waals surface area contributed by atoms with Gasteiger partial charge >= 0.3 is 0 Å². The molecule has 2 heterocycles. The standard InChI is InChI=1S/C12H23N5O2S/c1-4-6-17-11(13)10(20(3,18)19)12(15-17)16-7-5-14-8-9(16)2/h9,14H,4-8,13H2,1-3H3. The SMILES string of the molecule is CCCn1nc(N2CCNCC2C)c(S(C)(=O)=O)c1N. The normalized spacial score (nSPS) is 20.4. The van der Waals surface area contributed by atoms with Gasteiger partial charge in [-0.25, -0.2) is 13.1 Å².